The Bertz CT molecular complexity index is 940. The standard InChI is InChI=1S/C26H38O5Si2/c1-18(2)32(19(3)4)28-17-23-15-12-16-24(29-26(27)22-13-10-9-11-14-22)25(23)30-33(31-32,20(5)6)21(7)8/h9-16,18-21H,17H2,1-8H3. The minimum absolute atomic E-state index is 0.175. The zero-order valence-electron chi connectivity index (χ0n) is 21.2. The first-order chi connectivity index (χ1) is 15.5. The van der Waals surface area contributed by atoms with Crippen LogP contribution >= 0.6 is 0 Å². The van der Waals surface area contributed by atoms with Crippen LogP contribution in [0.25, 0.3) is 0 Å². The Morgan fingerprint density at radius 1 is 0.788 bits per heavy atom. The van der Waals surface area contributed by atoms with Crippen LogP contribution in [0, 0.1) is 0 Å². The van der Waals surface area contributed by atoms with Crippen molar-refractivity contribution in [1.82, 2.24) is 0 Å². The van der Waals surface area contributed by atoms with Crippen molar-refractivity contribution >= 4 is 23.1 Å². The summed E-state index contributed by atoms with van der Waals surface area (Å²) >= 11 is 0. The van der Waals surface area contributed by atoms with E-state index in [1.165, 1.54) is 0 Å². The molecule has 0 spiro atoms. The molecule has 0 amide bonds. The van der Waals surface area contributed by atoms with Crippen molar-refractivity contribution < 1.29 is 22.5 Å². The molecule has 2 aromatic carbocycles. The van der Waals surface area contributed by atoms with Crippen molar-refractivity contribution in [3.8, 4) is 11.5 Å². The minimum Gasteiger partial charge on any atom is -0.517 e. The molecule has 1 heterocycles. The quantitative estimate of drug-likeness (QED) is 0.243. The number of ether oxygens (including phenoxy) is 1. The molecule has 7 heteroatoms. The number of fused-ring (bicyclic) bond motifs is 1. The van der Waals surface area contributed by atoms with Gasteiger partial charge in [-0.2, -0.15) is 0 Å². The topological polar surface area (TPSA) is 54.0 Å². The van der Waals surface area contributed by atoms with E-state index in [-0.39, 0.29) is 22.2 Å². The van der Waals surface area contributed by atoms with Crippen LogP contribution < -0.4 is 9.16 Å². The van der Waals surface area contributed by atoms with Gasteiger partial charge < -0.3 is 17.7 Å². The first kappa shape index (κ1) is 25.7. The normalized spacial score (nSPS) is 17.5. The van der Waals surface area contributed by atoms with Gasteiger partial charge in [0, 0.05) is 16.6 Å². The maximum atomic E-state index is 12.8. The zero-order chi connectivity index (χ0) is 24.4. The van der Waals surface area contributed by atoms with Crippen LogP contribution in [0.4, 0.5) is 0 Å². The number of hydrogen-bond donors (Lipinski definition) is 0. The molecule has 0 aromatic heterocycles. The summed E-state index contributed by atoms with van der Waals surface area (Å²) < 4.78 is 26.8. The lowest BCUT2D eigenvalue weighted by Crippen LogP contribution is -2.63. The van der Waals surface area contributed by atoms with Gasteiger partial charge in [0.2, 0.25) is 0 Å². The van der Waals surface area contributed by atoms with Gasteiger partial charge in [-0.1, -0.05) is 85.7 Å². The summed E-state index contributed by atoms with van der Waals surface area (Å²) in [6, 6.07) is 14.7. The Morgan fingerprint density at radius 3 is 1.91 bits per heavy atom. The van der Waals surface area contributed by atoms with Gasteiger partial charge in [-0.3, -0.25) is 0 Å². The molecule has 0 aliphatic carbocycles. The summed E-state index contributed by atoms with van der Waals surface area (Å²) in [4.78, 5) is 12.8. The van der Waals surface area contributed by atoms with Crippen molar-refractivity contribution in [2.24, 2.45) is 0 Å². The lowest BCUT2D eigenvalue weighted by atomic mass is 10.2. The maximum absolute atomic E-state index is 12.8. The highest BCUT2D eigenvalue weighted by Crippen LogP contribution is 2.48. The predicted molar refractivity (Wildman–Crippen MR) is 136 cm³/mol. The molecule has 0 saturated heterocycles. The van der Waals surface area contributed by atoms with Crippen LogP contribution in [0.5, 0.6) is 11.5 Å². The van der Waals surface area contributed by atoms with E-state index in [4.69, 9.17) is 17.7 Å². The fraction of sp³-hybridized carbons (Fsp3) is 0.500. The molecule has 0 fully saturated rings. The predicted octanol–water partition coefficient (Wildman–Crippen LogP) is 7.36. The molecular formula is C26H38O5Si2. The zero-order valence-corrected chi connectivity index (χ0v) is 23.2. The smallest absolute Gasteiger partial charge is 0.395 e. The Kier molecular flexibility index (Phi) is 7.89. The van der Waals surface area contributed by atoms with Crippen molar-refractivity contribution in [1.29, 1.82) is 0 Å². The molecule has 5 nitrogen and oxygen atoms in total. The Morgan fingerprint density at radius 2 is 1.36 bits per heavy atom. The van der Waals surface area contributed by atoms with Crippen LogP contribution in [0.2, 0.25) is 22.2 Å². The van der Waals surface area contributed by atoms with E-state index < -0.39 is 23.1 Å². The van der Waals surface area contributed by atoms with Crippen LogP contribution in [-0.4, -0.2) is 23.1 Å². The lowest BCUT2D eigenvalue weighted by Gasteiger charge is -2.49. The molecule has 1 aliphatic heterocycles. The number of rotatable bonds is 6. The summed E-state index contributed by atoms with van der Waals surface area (Å²) in [6.07, 6.45) is 0. The largest absolute Gasteiger partial charge is 0.517 e. The number of para-hydroxylation sites is 1. The van der Waals surface area contributed by atoms with Crippen LogP contribution in [0.15, 0.2) is 48.5 Å². The fourth-order valence-corrected chi connectivity index (χ4v) is 15.5. The molecule has 0 bridgehead atoms. The van der Waals surface area contributed by atoms with E-state index >= 15 is 0 Å². The third-order valence-electron chi connectivity index (χ3n) is 6.53. The third kappa shape index (κ3) is 4.96. The highest BCUT2D eigenvalue weighted by atomic mass is 28.5. The first-order valence-corrected chi connectivity index (χ1v) is 15.9. The second-order valence-corrected chi connectivity index (χ2v) is 18.9. The van der Waals surface area contributed by atoms with Gasteiger partial charge in [-0.05, 0) is 29.3 Å². The van der Waals surface area contributed by atoms with E-state index in [1.807, 2.05) is 30.3 Å². The second kappa shape index (κ2) is 10.1. The van der Waals surface area contributed by atoms with E-state index in [9.17, 15) is 4.79 Å². The molecule has 0 saturated carbocycles. The van der Waals surface area contributed by atoms with Crippen molar-refractivity contribution in [2.75, 3.05) is 0 Å². The van der Waals surface area contributed by atoms with E-state index in [2.05, 4.69) is 55.4 Å². The van der Waals surface area contributed by atoms with Gasteiger partial charge in [0.15, 0.2) is 11.5 Å². The molecule has 33 heavy (non-hydrogen) atoms. The van der Waals surface area contributed by atoms with Gasteiger partial charge in [0.25, 0.3) is 0 Å². The van der Waals surface area contributed by atoms with Gasteiger partial charge in [-0.25, -0.2) is 4.79 Å². The second-order valence-electron chi connectivity index (χ2n) is 10.1. The maximum Gasteiger partial charge on any atom is 0.395 e. The van der Waals surface area contributed by atoms with Gasteiger partial charge in [0.1, 0.15) is 0 Å². The fourth-order valence-electron chi connectivity index (χ4n) is 4.63. The molecule has 0 unspecified atom stereocenters. The number of carbonyl (C=O) groups is 1. The van der Waals surface area contributed by atoms with Crippen LogP contribution in [0.3, 0.4) is 0 Å². The highest BCUT2D eigenvalue weighted by Gasteiger charge is 2.58. The molecule has 3 rings (SSSR count). The number of esters is 1. The first-order valence-electron chi connectivity index (χ1n) is 12.0. The Balaban J connectivity index is 2.12. The minimum atomic E-state index is -2.85. The van der Waals surface area contributed by atoms with Gasteiger partial charge >= 0.3 is 23.1 Å². The molecule has 0 radical (unpaired) electrons. The summed E-state index contributed by atoms with van der Waals surface area (Å²) in [7, 11) is -5.47. The molecular weight excluding hydrogens is 448 g/mol. The van der Waals surface area contributed by atoms with Gasteiger partial charge in [0.05, 0.1) is 12.2 Å². The average Bonchev–Trinajstić information content (AvgIpc) is 2.75. The van der Waals surface area contributed by atoms with Crippen molar-refractivity contribution in [3.05, 3.63) is 59.7 Å². The number of benzene rings is 2. The van der Waals surface area contributed by atoms with E-state index in [0.717, 1.165) is 5.56 Å². The van der Waals surface area contributed by atoms with Crippen molar-refractivity contribution in [2.45, 2.75) is 84.2 Å². The summed E-state index contributed by atoms with van der Waals surface area (Å²) in [5, 5.41) is 0. The SMILES string of the molecule is CC(C)[Si]1(C(C)C)OCc2cccc(OC(=O)c3ccccc3)c2O[Si](C(C)C)(C(C)C)O1. The number of carbonyl (C=O) groups excluding carboxylic acids is 1. The lowest BCUT2D eigenvalue weighted by molar-refractivity contribution is 0.0728. The van der Waals surface area contributed by atoms with Crippen LogP contribution in [-0.2, 0) is 15.1 Å². The molecule has 180 valence electrons. The van der Waals surface area contributed by atoms with E-state index in [0.29, 0.717) is 23.7 Å². The Labute approximate surface area is 200 Å². The monoisotopic (exact) mass is 486 g/mol. The molecule has 0 atom stereocenters. The van der Waals surface area contributed by atoms with Crippen LogP contribution in [0.1, 0.15) is 71.3 Å². The van der Waals surface area contributed by atoms with E-state index in [1.54, 1.807) is 18.2 Å². The summed E-state index contributed by atoms with van der Waals surface area (Å²) in [5.41, 5.74) is 2.28. The Hall–Kier alpha value is -1.94. The van der Waals surface area contributed by atoms with Gasteiger partial charge in [-0.15, -0.1) is 0 Å². The summed E-state index contributed by atoms with van der Waals surface area (Å²) in [6.45, 7) is 17.9. The number of hydrogen-bond acceptors (Lipinski definition) is 5. The third-order valence-corrected chi connectivity index (χ3v) is 16.6. The molecule has 0 N–H and O–H groups in total. The molecule has 1 aliphatic rings. The highest BCUT2D eigenvalue weighted by molar-refractivity contribution is 6.84. The average molecular weight is 487 g/mol. The molecule has 2 aromatic rings. The van der Waals surface area contributed by atoms with Crippen molar-refractivity contribution in [3.63, 3.8) is 0 Å². The summed E-state index contributed by atoms with van der Waals surface area (Å²) in [5.74, 6) is 0.576.